The van der Waals surface area contributed by atoms with Crippen LogP contribution in [0.2, 0.25) is 0 Å². The summed E-state index contributed by atoms with van der Waals surface area (Å²) >= 11 is 0. The van der Waals surface area contributed by atoms with Crippen LogP contribution in [0.1, 0.15) is 66.2 Å². The summed E-state index contributed by atoms with van der Waals surface area (Å²) in [4.78, 5) is 39.9. The lowest BCUT2D eigenvalue weighted by Crippen LogP contribution is -2.30. The minimum atomic E-state index is -4.18. The van der Waals surface area contributed by atoms with Crippen LogP contribution in [0, 0.1) is 0 Å². The molecule has 1 aromatic heterocycles. The fourth-order valence-corrected chi connectivity index (χ4v) is 4.31. The number of aromatic nitrogens is 1. The highest BCUT2D eigenvalue weighted by molar-refractivity contribution is 7.90. The van der Waals surface area contributed by atoms with E-state index in [1.807, 2.05) is 11.6 Å². The van der Waals surface area contributed by atoms with Crippen LogP contribution in [0.5, 0.6) is 5.88 Å². The zero-order valence-corrected chi connectivity index (χ0v) is 19.6. The molecule has 1 aliphatic rings. The van der Waals surface area contributed by atoms with Crippen LogP contribution in [0.4, 0.5) is 4.79 Å². The van der Waals surface area contributed by atoms with Crippen LogP contribution in [0.3, 0.4) is 0 Å². The van der Waals surface area contributed by atoms with Gasteiger partial charge in [0.2, 0.25) is 5.88 Å². The number of rotatable bonds is 9. The predicted octanol–water partition coefficient (Wildman–Crippen LogP) is 3.19. The van der Waals surface area contributed by atoms with Crippen molar-refractivity contribution in [2.75, 3.05) is 6.54 Å². The molecule has 1 aliphatic carbocycles. The molecule has 1 heterocycles. The summed E-state index contributed by atoms with van der Waals surface area (Å²) in [5.41, 5.74) is 0.264. The van der Waals surface area contributed by atoms with Crippen molar-refractivity contribution in [1.82, 2.24) is 15.0 Å². The molecule has 2 N–H and O–H groups in total. The summed E-state index contributed by atoms with van der Waals surface area (Å²) in [6, 6.07) is 7.78. The zero-order chi connectivity index (χ0) is 24.6. The Balaban J connectivity index is 1.56. The van der Waals surface area contributed by atoms with E-state index in [0.717, 1.165) is 44.7 Å². The molecule has 34 heavy (non-hydrogen) atoms. The Kier molecular flexibility index (Phi) is 8.58. The number of nitrogens with one attached hydrogen (secondary N) is 2. The first-order chi connectivity index (χ1) is 16.3. The zero-order valence-electron chi connectivity index (χ0n) is 18.8. The van der Waals surface area contributed by atoms with Crippen LogP contribution in [0.15, 0.2) is 47.5 Å². The number of amides is 2. The first kappa shape index (κ1) is 25.2. The van der Waals surface area contributed by atoms with Gasteiger partial charge in [0.15, 0.2) is 0 Å². The minimum absolute atomic E-state index is 0.0491. The number of hydrogen-bond donors (Lipinski definition) is 2. The van der Waals surface area contributed by atoms with Gasteiger partial charge in [0.1, 0.15) is 6.10 Å². The number of pyridine rings is 1. The van der Waals surface area contributed by atoms with Crippen molar-refractivity contribution in [3.8, 4) is 5.88 Å². The summed E-state index contributed by atoms with van der Waals surface area (Å²) in [5.74, 6) is -1.29. The van der Waals surface area contributed by atoms with Gasteiger partial charge in [-0.1, -0.05) is 13.3 Å². The molecular weight excluding hydrogens is 462 g/mol. The second kappa shape index (κ2) is 11.6. The quantitative estimate of drug-likeness (QED) is 0.404. The SMILES string of the molecule is CCCCNC(=O)c1ccc(S(=O)(=O)NC(=O)c2ccc(OC(=O)OC3CCCC3)nc2)cc1. The number of hydrogen-bond acceptors (Lipinski definition) is 8. The molecule has 1 saturated carbocycles. The van der Waals surface area contributed by atoms with Crippen LogP contribution in [-0.2, 0) is 14.8 Å². The monoisotopic (exact) mass is 489 g/mol. The highest BCUT2D eigenvalue weighted by Crippen LogP contribution is 2.21. The van der Waals surface area contributed by atoms with Crippen LogP contribution >= 0.6 is 0 Å². The molecule has 0 saturated heterocycles. The first-order valence-electron chi connectivity index (χ1n) is 11.1. The molecule has 0 radical (unpaired) electrons. The van der Waals surface area contributed by atoms with E-state index in [0.29, 0.717) is 12.1 Å². The van der Waals surface area contributed by atoms with Crippen molar-refractivity contribution in [1.29, 1.82) is 0 Å². The number of nitrogens with zero attached hydrogens (tertiary/aromatic N) is 1. The molecule has 2 aromatic rings. The smallest absolute Gasteiger partial charge is 0.431 e. The molecule has 1 fully saturated rings. The van der Waals surface area contributed by atoms with E-state index in [9.17, 15) is 22.8 Å². The summed E-state index contributed by atoms with van der Waals surface area (Å²) in [6.07, 6.45) is 5.44. The predicted molar refractivity (Wildman–Crippen MR) is 122 cm³/mol. The van der Waals surface area contributed by atoms with Crippen molar-refractivity contribution >= 4 is 28.0 Å². The van der Waals surface area contributed by atoms with Crippen molar-refractivity contribution in [2.24, 2.45) is 0 Å². The molecule has 0 spiro atoms. The minimum Gasteiger partial charge on any atom is -0.431 e. The van der Waals surface area contributed by atoms with Gasteiger partial charge in [0.05, 0.1) is 10.5 Å². The Morgan fingerprint density at radius 1 is 1.00 bits per heavy atom. The molecule has 10 nitrogen and oxygen atoms in total. The summed E-state index contributed by atoms with van der Waals surface area (Å²) in [6.45, 7) is 2.54. The second-order valence-electron chi connectivity index (χ2n) is 7.83. The number of sulfonamides is 1. The van der Waals surface area contributed by atoms with Gasteiger partial charge >= 0.3 is 6.16 Å². The van der Waals surface area contributed by atoms with Gasteiger partial charge < -0.3 is 14.8 Å². The number of ether oxygens (including phenoxy) is 2. The van der Waals surface area contributed by atoms with Crippen molar-refractivity contribution in [3.05, 3.63) is 53.7 Å². The van der Waals surface area contributed by atoms with E-state index in [1.54, 1.807) is 0 Å². The Morgan fingerprint density at radius 2 is 1.68 bits per heavy atom. The lowest BCUT2D eigenvalue weighted by Gasteiger charge is -2.11. The second-order valence-corrected chi connectivity index (χ2v) is 9.51. The fourth-order valence-electron chi connectivity index (χ4n) is 3.33. The van der Waals surface area contributed by atoms with Crippen LogP contribution < -0.4 is 14.8 Å². The molecule has 0 unspecified atom stereocenters. The van der Waals surface area contributed by atoms with Gasteiger partial charge in [-0.15, -0.1) is 0 Å². The Bertz CT molecular complexity index is 1110. The average molecular weight is 490 g/mol. The maximum Gasteiger partial charge on any atom is 0.515 e. The van der Waals surface area contributed by atoms with E-state index >= 15 is 0 Å². The maximum absolute atomic E-state index is 12.5. The normalized spacial score (nSPS) is 13.8. The van der Waals surface area contributed by atoms with Crippen molar-refractivity contribution < 1.29 is 32.3 Å². The Morgan fingerprint density at radius 3 is 2.29 bits per heavy atom. The Labute approximate surface area is 198 Å². The van der Waals surface area contributed by atoms with E-state index in [2.05, 4.69) is 10.3 Å². The maximum atomic E-state index is 12.5. The van der Waals surface area contributed by atoms with E-state index < -0.39 is 22.1 Å². The molecule has 0 aliphatic heterocycles. The van der Waals surface area contributed by atoms with Crippen molar-refractivity contribution in [2.45, 2.75) is 56.4 Å². The van der Waals surface area contributed by atoms with Gasteiger partial charge in [-0.05, 0) is 62.4 Å². The van der Waals surface area contributed by atoms with Gasteiger partial charge in [-0.2, -0.15) is 0 Å². The third kappa shape index (κ3) is 7.01. The topological polar surface area (TPSA) is 141 Å². The fraction of sp³-hybridized carbons (Fsp3) is 0.391. The van der Waals surface area contributed by atoms with Gasteiger partial charge in [-0.3, -0.25) is 9.59 Å². The highest BCUT2D eigenvalue weighted by Gasteiger charge is 2.22. The summed E-state index contributed by atoms with van der Waals surface area (Å²) in [7, 11) is -4.18. The van der Waals surface area contributed by atoms with E-state index in [4.69, 9.17) is 9.47 Å². The molecule has 0 bridgehead atoms. The van der Waals surface area contributed by atoms with Crippen molar-refractivity contribution in [3.63, 3.8) is 0 Å². The summed E-state index contributed by atoms with van der Waals surface area (Å²) < 4.78 is 37.2. The summed E-state index contributed by atoms with van der Waals surface area (Å²) in [5, 5.41) is 2.74. The third-order valence-electron chi connectivity index (χ3n) is 5.22. The lowest BCUT2D eigenvalue weighted by atomic mass is 10.2. The number of unbranched alkanes of at least 4 members (excludes halogenated alkanes) is 1. The lowest BCUT2D eigenvalue weighted by molar-refractivity contribution is 0.0600. The van der Waals surface area contributed by atoms with Crippen LogP contribution in [-0.4, -0.2) is 44.0 Å². The Hall–Kier alpha value is -3.47. The number of carbonyl (C=O) groups excluding carboxylic acids is 3. The van der Waals surface area contributed by atoms with Gasteiger partial charge in [0, 0.05) is 24.4 Å². The largest absolute Gasteiger partial charge is 0.515 e. The van der Waals surface area contributed by atoms with E-state index in [-0.39, 0.29) is 28.4 Å². The molecule has 3 rings (SSSR count). The molecular formula is C23H27N3O7S. The number of benzene rings is 1. The first-order valence-corrected chi connectivity index (χ1v) is 12.6. The number of carbonyl (C=O) groups is 3. The standard InChI is InChI=1S/C23H27N3O7S/c1-2-3-14-24-21(27)16-8-11-19(12-9-16)34(30,31)26-22(28)17-10-13-20(25-15-17)33-23(29)32-18-6-4-5-7-18/h8-13,15,18H,2-7,14H2,1H3,(H,24,27)(H,26,28). The van der Waals surface area contributed by atoms with Crippen LogP contribution in [0.25, 0.3) is 0 Å². The molecule has 2 amide bonds. The molecule has 11 heteroatoms. The van der Waals surface area contributed by atoms with Gasteiger partial charge in [-0.25, -0.2) is 22.9 Å². The third-order valence-corrected chi connectivity index (χ3v) is 6.57. The average Bonchev–Trinajstić information content (AvgIpc) is 3.32. The van der Waals surface area contributed by atoms with Gasteiger partial charge in [0.25, 0.3) is 21.8 Å². The molecule has 1 aromatic carbocycles. The van der Waals surface area contributed by atoms with E-state index in [1.165, 1.54) is 36.4 Å². The highest BCUT2D eigenvalue weighted by atomic mass is 32.2. The molecule has 182 valence electrons. The molecule has 0 atom stereocenters.